The molecule has 4 rings (SSSR count). The Labute approximate surface area is 151 Å². The Kier molecular flexibility index (Phi) is 4.45. The van der Waals surface area contributed by atoms with Crippen molar-refractivity contribution in [2.24, 2.45) is 0 Å². The molecular formula is C19H20N6O. The summed E-state index contributed by atoms with van der Waals surface area (Å²) in [6.45, 7) is 2.41. The van der Waals surface area contributed by atoms with Crippen LogP contribution in [0, 0.1) is 0 Å². The number of amides is 1. The van der Waals surface area contributed by atoms with Crippen LogP contribution in [0.5, 0.6) is 0 Å². The van der Waals surface area contributed by atoms with E-state index in [0.29, 0.717) is 12.4 Å². The number of aromatic nitrogens is 4. The average molecular weight is 348 g/mol. The van der Waals surface area contributed by atoms with Gasteiger partial charge in [-0.2, -0.15) is 0 Å². The summed E-state index contributed by atoms with van der Waals surface area (Å²) in [7, 11) is 2.07. The van der Waals surface area contributed by atoms with Gasteiger partial charge in [-0.1, -0.05) is 48.5 Å². The van der Waals surface area contributed by atoms with Crippen LogP contribution in [0.1, 0.15) is 5.56 Å². The molecule has 1 aliphatic heterocycles. The highest BCUT2D eigenvalue weighted by molar-refractivity contribution is 5.94. The second-order valence-electron chi connectivity index (χ2n) is 6.44. The van der Waals surface area contributed by atoms with Crippen molar-refractivity contribution in [3.05, 3.63) is 60.2 Å². The minimum Gasteiger partial charge on any atom is -0.309 e. The first-order chi connectivity index (χ1) is 12.7. The molecule has 26 heavy (non-hydrogen) atoms. The molecule has 0 saturated carbocycles. The third-order valence-electron chi connectivity index (χ3n) is 4.58. The molecule has 0 radical (unpaired) electrons. The van der Waals surface area contributed by atoms with Crippen molar-refractivity contribution in [2.45, 2.75) is 13.1 Å². The number of hydrogen-bond donors (Lipinski definition) is 0. The molecule has 0 fully saturated rings. The molecule has 1 aromatic heterocycles. The summed E-state index contributed by atoms with van der Waals surface area (Å²) in [6.07, 6.45) is 0. The van der Waals surface area contributed by atoms with Gasteiger partial charge in [-0.15, -0.1) is 5.10 Å². The Morgan fingerprint density at radius 1 is 1.04 bits per heavy atom. The van der Waals surface area contributed by atoms with E-state index in [-0.39, 0.29) is 12.5 Å². The zero-order chi connectivity index (χ0) is 17.9. The first-order valence-electron chi connectivity index (χ1n) is 8.61. The monoisotopic (exact) mass is 348 g/mol. The lowest BCUT2D eigenvalue weighted by Crippen LogP contribution is -2.37. The van der Waals surface area contributed by atoms with Gasteiger partial charge in [-0.25, -0.2) is 4.68 Å². The molecule has 0 bridgehead atoms. The Morgan fingerprint density at radius 3 is 2.65 bits per heavy atom. The van der Waals surface area contributed by atoms with Crippen molar-refractivity contribution in [3.8, 4) is 11.4 Å². The van der Waals surface area contributed by atoms with E-state index in [9.17, 15) is 4.79 Å². The molecule has 1 aliphatic rings. The molecule has 3 aromatic rings. The Balaban J connectivity index is 1.61. The number of fused-ring (bicyclic) bond motifs is 1. The number of tetrazole rings is 1. The van der Waals surface area contributed by atoms with E-state index in [4.69, 9.17) is 0 Å². The lowest BCUT2D eigenvalue weighted by Gasteiger charge is -2.22. The maximum absolute atomic E-state index is 13.1. The van der Waals surface area contributed by atoms with Crippen LogP contribution in [0.3, 0.4) is 0 Å². The highest BCUT2D eigenvalue weighted by Crippen LogP contribution is 2.25. The molecule has 2 heterocycles. The molecule has 0 saturated heterocycles. The summed E-state index contributed by atoms with van der Waals surface area (Å²) in [6, 6.07) is 17.7. The van der Waals surface area contributed by atoms with Gasteiger partial charge < -0.3 is 9.80 Å². The number of hydrogen-bond acceptors (Lipinski definition) is 5. The van der Waals surface area contributed by atoms with Gasteiger partial charge in [0.25, 0.3) is 0 Å². The molecule has 7 heteroatoms. The summed E-state index contributed by atoms with van der Waals surface area (Å²) in [5.74, 6) is 0.580. The van der Waals surface area contributed by atoms with Gasteiger partial charge in [0.1, 0.15) is 6.54 Å². The summed E-state index contributed by atoms with van der Waals surface area (Å²) >= 11 is 0. The first-order valence-corrected chi connectivity index (χ1v) is 8.61. The Morgan fingerprint density at radius 2 is 1.81 bits per heavy atom. The van der Waals surface area contributed by atoms with Crippen molar-refractivity contribution < 1.29 is 4.79 Å². The van der Waals surface area contributed by atoms with Crippen molar-refractivity contribution >= 4 is 11.6 Å². The predicted octanol–water partition coefficient (Wildman–Crippen LogP) is 1.82. The van der Waals surface area contributed by atoms with Crippen molar-refractivity contribution in [3.63, 3.8) is 0 Å². The number of rotatable bonds is 3. The van der Waals surface area contributed by atoms with Gasteiger partial charge in [-0.05, 0) is 29.1 Å². The number of carbonyl (C=O) groups is 1. The van der Waals surface area contributed by atoms with E-state index >= 15 is 0 Å². The maximum Gasteiger partial charge on any atom is 0.248 e. The quantitative estimate of drug-likeness (QED) is 0.722. The van der Waals surface area contributed by atoms with Gasteiger partial charge in [-0.3, -0.25) is 4.79 Å². The normalized spacial score (nSPS) is 14.7. The molecule has 0 aliphatic carbocycles. The SMILES string of the molecule is CN1CCN(C(=O)Cn2nnnc2-c2ccccc2)c2ccccc2C1. The van der Waals surface area contributed by atoms with Crippen molar-refractivity contribution in [1.82, 2.24) is 25.1 Å². The second-order valence-corrected chi connectivity index (χ2v) is 6.44. The van der Waals surface area contributed by atoms with Gasteiger partial charge in [0.05, 0.1) is 0 Å². The molecular weight excluding hydrogens is 328 g/mol. The van der Waals surface area contributed by atoms with Gasteiger partial charge in [0.15, 0.2) is 5.82 Å². The number of anilines is 1. The topological polar surface area (TPSA) is 67.2 Å². The molecule has 0 N–H and O–H groups in total. The van der Waals surface area contributed by atoms with E-state index in [1.165, 1.54) is 0 Å². The fourth-order valence-electron chi connectivity index (χ4n) is 3.25. The van der Waals surface area contributed by atoms with Crippen molar-refractivity contribution in [1.29, 1.82) is 0 Å². The van der Waals surface area contributed by atoms with Crippen LogP contribution in [0.4, 0.5) is 5.69 Å². The summed E-state index contributed by atoms with van der Waals surface area (Å²) in [4.78, 5) is 17.1. The first kappa shape index (κ1) is 16.4. The second kappa shape index (κ2) is 7.05. The van der Waals surface area contributed by atoms with E-state index in [1.807, 2.05) is 53.4 Å². The number of para-hydroxylation sites is 1. The van der Waals surface area contributed by atoms with E-state index in [1.54, 1.807) is 4.68 Å². The van der Waals surface area contributed by atoms with Crippen LogP contribution in [-0.4, -0.2) is 51.2 Å². The highest BCUT2D eigenvalue weighted by Gasteiger charge is 2.24. The lowest BCUT2D eigenvalue weighted by atomic mass is 10.1. The van der Waals surface area contributed by atoms with Crippen LogP contribution in [-0.2, 0) is 17.9 Å². The van der Waals surface area contributed by atoms with Gasteiger partial charge in [0, 0.05) is 30.9 Å². The number of carbonyl (C=O) groups excluding carboxylic acids is 1. The van der Waals surface area contributed by atoms with E-state index in [0.717, 1.165) is 29.9 Å². The lowest BCUT2D eigenvalue weighted by molar-refractivity contribution is -0.119. The standard InChI is InChI=1S/C19H20N6O/c1-23-11-12-24(17-10-6-5-9-16(17)13-23)18(26)14-25-19(20-21-22-25)15-7-3-2-4-8-15/h2-10H,11-14H2,1H3. The fourth-order valence-corrected chi connectivity index (χ4v) is 3.25. The molecule has 0 spiro atoms. The average Bonchev–Trinajstić information content (AvgIpc) is 3.04. The summed E-state index contributed by atoms with van der Waals surface area (Å²) in [5.41, 5.74) is 3.01. The van der Waals surface area contributed by atoms with E-state index < -0.39 is 0 Å². The third kappa shape index (κ3) is 3.21. The van der Waals surface area contributed by atoms with E-state index in [2.05, 4.69) is 33.5 Å². The zero-order valence-corrected chi connectivity index (χ0v) is 14.6. The fraction of sp³-hybridized carbons (Fsp3) is 0.263. The number of nitrogens with zero attached hydrogens (tertiary/aromatic N) is 6. The number of likely N-dealkylation sites (N-methyl/N-ethyl adjacent to an activating group) is 1. The zero-order valence-electron chi connectivity index (χ0n) is 14.6. The van der Waals surface area contributed by atoms with Crippen LogP contribution in [0.25, 0.3) is 11.4 Å². The molecule has 1 amide bonds. The smallest absolute Gasteiger partial charge is 0.248 e. The largest absolute Gasteiger partial charge is 0.309 e. The van der Waals surface area contributed by atoms with Crippen LogP contribution in [0.2, 0.25) is 0 Å². The maximum atomic E-state index is 13.1. The summed E-state index contributed by atoms with van der Waals surface area (Å²) in [5, 5.41) is 11.9. The molecule has 0 atom stereocenters. The van der Waals surface area contributed by atoms with Crippen molar-refractivity contribution in [2.75, 3.05) is 25.0 Å². The third-order valence-corrected chi connectivity index (χ3v) is 4.58. The van der Waals surface area contributed by atoms with Gasteiger partial charge in [0.2, 0.25) is 5.91 Å². The molecule has 0 unspecified atom stereocenters. The molecule has 2 aromatic carbocycles. The number of benzene rings is 2. The minimum atomic E-state index is -0.0165. The predicted molar refractivity (Wildman–Crippen MR) is 98.4 cm³/mol. The summed E-state index contributed by atoms with van der Waals surface area (Å²) < 4.78 is 1.56. The Hall–Kier alpha value is -3.06. The Bertz CT molecular complexity index is 907. The highest BCUT2D eigenvalue weighted by atomic mass is 16.2. The minimum absolute atomic E-state index is 0.0165. The molecule has 7 nitrogen and oxygen atoms in total. The van der Waals surface area contributed by atoms with Crippen LogP contribution < -0.4 is 4.90 Å². The van der Waals surface area contributed by atoms with Gasteiger partial charge >= 0.3 is 0 Å². The van der Waals surface area contributed by atoms with Crippen LogP contribution in [0.15, 0.2) is 54.6 Å². The molecule has 132 valence electrons. The van der Waals surface area contributed by atoms with Crippen LogP contribution >= 0.6 is 0 Å².